The molecule has 6 heteroatoms. The zero-order chi connectivity index (χ0) is 20.9. The van der Waals surface area contributed by atoms with Crippen molar-refractivity contribution in [3.63, 3.8) is 0 Å². The van der Waals surface area contributed by atoms with E-state index in [1.807, 2.05) is 37.3 Å². The van der Waals surface area contributed by atoms with Crippen LogP contribution in [0.3, 0.4) is 0 Å². The molecule has 4 aliphatic carbocycles. The van der Waals surface area contributed by atoms with E-state index in [0.717, 1.165) is 11.1 Å². The summed E-state index contributed by atoms with van der Waals surface area (Å²) in [5, 5.41) is 0. The van der Waals surface area contributed by atoms with E-state index in [0.29, 0.717) is 6.42 Å². The highest BCUT2D eigenvalue weighted by molar-refractivity contribution is 6.02. The lowest BCUT2D eigenvalue weighted by Gasteiger charge is -2.50. The summed E-state index contributed by atoms with van der Waals surface area (Å²) < 4.78 is 15.3. The highest BCUT2D eigenvalue weighted by Gasteiger charge is 2.77. The minimum absolute atomic E-state index is 0.0790. The van der Waals surface area contributed by atoms with Crippen LogP contribution in [0.2, 0.25) is 0 Å². The van der Waals surface area contributed by atoms with Crippen LogP contribution in [0.4, 0.5) is 0 Å². The van der Waals surface area contributed by atoms with Crippen molar-refractivity contribution in [2.75, 3.05) is 21.3 Å². The molecule has 154 valence electrons. The molecule has 0 radical (unpaired) electrons. The fourth-order valence-corrected chi connectivity index (χ4v) is 5.95. The number of hydrogen-bond donors (Lipinski definition) is 0. The van der Waals surface area contributed by atoms with E-state index in [9.17, 15) is 14.4 Å². The van der Waals surface area contributed by atoms with Crippen molar-refractivity contribution in [2.24, 2.45) is 40.9 Å². The molecule has 0 spiro atoms. The molecule has 2 bridgehead atoms. The first-order valence-corrected chi connectivity index (χ1v) is 9.90. The Labute approximate surface area is 170 Å². The molecule has 6 nitrogen and oxygen atoms in total. The molecule has 2 fully saturated rings. The van der Waals surface area contributed by atoms with E-state index in [4.69, 9.17) is 14.2 Å². The highest BCUT2D eigenvalue weighted by Crippen LogP contribution is 2.71. The normalized spacial score (nSPS) is 32.8. The number of methoxy groups -OCH3 is 3. The van der Waals surface area contributed by atoms with Crippen LogP contribution in [-0.2, 0) is 35.0 Å². The number of rotatable bonds is 5. The maximum Gasteiger partial charge on any atom is 0.324 e. The molecular weight excluding hydrogens is 372 g/mol. The predicted octanol–water partition coefficient (Wildman–Crippen LogP) is 2.34. The van der Waals surface area contributed by atoms with E-state index in [-0.39, 0.29) is 35.6 Å². The van der Waals surface area contributed by atoms with Gasteiger partial charge in [0.2, 0.25) is 0 Å². The van der Waals surface area contributed by atoms with E-state index >= 15 is 0 Å². The van der Waals surface area contributed by atoms with Gasteiger partial charge in [-0.3, -0.25) is 14.4 Å². The van der Waals surface area contributed by atoms with Gasteiger partial charge in [-0.05, 0) is 42.6 Å². The first kappa shape index (κ1) is 19.7. The zero-order valence-corrected chi connectivity index (χ0v) is 17.1. The molecule has 0 N–H and O–H groups in total. The maximum atomic E-state index is 13.2. The Bertz CT molecular complexity index is 854. The number of fused-ring (bicyclic) bond motifs is 1. The summed E-state index contributed by atoms with van der Waals surface area (Å²) in [4.78, 5) is 38.7. The van der Waals surface area contributed by atoms with Gasteiger partial charge in [0, 0.05) is 5.92 Å². The summed E-state index contributed by atoms with van der Waals surface area (Å²) >= 11 is 0. The third-order valence-corrected chi connectivity index (χ3v) is 7.20. The van der Waals surface area contributed by atoms with Gasteiger partial charge >= 0.3 is 17.9 Å². The molecule has 0 saturated heterocycles. The molecule has 0 heterocycles. The molecular formula is C23H26O6. The van der Waals surface area contributed by atoms with Crippen LogP contribution in [0.15, 0.2) is 36.4 Å². The molecule has 2 saturated carbocycles. The van der Waals surface area contributed by atoms with Crippen molar-refractivity contribution < 1.29 is 28.6 Å². The number of carbonyl (C=O) groups is 3. The van der Waals surface area contributed by atoms with Gasteiger partial charge in [0.1, 0.15) is 0 Å². The van der Waals surface area contributed by atoms with Gasteiger partial charge in [-0.15, -0.1) is 0 Å². The van der Waals surface area contributed by atoms with Crippen LogP contribution in [0.25, 0.3) is 0 Å². The lowest BCUT2D eigenvalue weighted by molar-refractivity contribution is -0.184. The average Bonchev–Trinajstić information content (AvgIpc) is 3.51. The summed E-state index contributed by atoms with van der Waals surface area (Å²) in [7, 11) is 3.97. The lowest BCUT2D eigenvalue weighted by Crippen LogP contribution is -2.59. The fraction of sp³-hybridized carbons (Fsp3) is 0.522. The quantitative estimate of drug-likeness (QED) is 0.328. The molecule has 6 unspecified atom stereocenters. The van der Waals surface area contributed by atoms with Crippen LogP contribution in [-0.4, -0.2) is 39.2 Å². The smallest absolute Gasteiger partial charge is 0.324 e. The van der Waals surface area contributed by atoms with Crippen LogP contribution in [0, 0.1) is 47.8 Å². The Morgan fingerprint density at radius 3 is 2.07 bits per heavy atom. The van der Waals surface area contributed by atoms with Crippen molar-refractivity contribution in [2.45, 2.75) is 13.3 Å². The maximum absolute atomic E-state index is 13.2. The molecule has 4 aliphatic rings. The van der Waals surface area contributed by atoms with Crippen LogP contribution >= 0.6 is 0 Å². The van der Waals surface area contributed by atoms with Crippen LogP contribution in [0.1, 0.15) is 11.1 Å². The Morgan fingerprint density at radius 2 is 1.52 bits per heavy atom. The Morgan fingerprint density at radius 1 is 0.897 bits per heavy atom. The molecule has 1 aromatic carbocycles. The number of hydrogen-bond acceptors (Lipinski definition) is 6. The van der Waals surface area contributed by atoms with Crippen molar-refractivity contribution in [1.82, 2.24) is 0 Å². The third kappa shape index (κ3) is 2.65. The highest BCUT2D eigenvalue weighted by atomic mass is 16.5. The minimum Gasteiger partial charge on any atom is -0.469 e. The van der Waals surface area contributed by atoms with Crippen molar-refractivity contribution in [3.8, 4) is 0 Å². The minimum atomic E-state index is -1.46. The summed E-state index contributed by atoms with van der Waals surface area (Å²) in [5.74, 6) is -2.69. The second kappa shape index (κ2) is 7.01. The number of ether oxygens (including phenoxy) is 3. The van der Waals surface area contributed by atoms with Gasteiger partial charge in [-0.25, -0.2) is 0 Å². The van der Waals surface area contributed by atoms with Crippen molar-refractivity contribution in [1.29, 1.82) is 0 Å². The van der Waals surface area contributed by atoms with E-state index in [1.165, 1.54) is 21.3 Å². The van der Waals surface area contributed by atoms with E-state index in [2.05, 4.69) is 6.08 Å². The first-order chi connectivity index (χ1) is 13.9. The number of esters is 3. The van der Waals surface area contributed by atoms with Gasteiger partial charge in [0.15, 0.2) is 5.41 Å². The van der Waals surface area contributed by atoms with Crippen molar-refractivity contribution in [3.05, 3.63) is 47.5 Å². The molecule has 1 aromatic rings. The summed E-state index contributed by atoms with van der Waals surface area (Å²) in [6.45, 7) is 2.01. The van der Waals surface area contributed by atoms with Gasteiger partial charge < -0.3 is 14.2 Å². The summed E-state index contributed by atoms with van der Waals surface area (Å²) in [6.07, 6.45) is 4.50. The SMILES string of the molecule is COC(=O)C1C2C3C=CC(C12)C(C(=O)OC)(C(=O)OC)C3Cc1ccc(C)cc1. The largest absolute Gasteiger partial charge is 0.469 e. The average molecular weight is 398 g/mol. The summed E-state index contributed by atoms with van der Waals surface area (Å²) in [5.41, 5.74) is 0.710. The molecule has 5 rings (SSSR count). The number of carbonyl (C=O) groups excluding carboxylic acids is 3. The second-order valence-electron chi connectivity index (χ2n) is 8.34. The molecule has 0 amide bonds. The van der Waals surface area contributed by atoms with E-state index in [1.54, 1.807) is 0 Å². The first-order valence-electron chi connectivity index (χ1n) is 9.90. The zero-order valence-electron chi connectivity index (χ0n) is 17.1. The Hall–Kier alpha value is -2.63. The number of aryl methyl sites for hydroxylation is 1. The second-order valence-corrected chi connectivity index (χ2v) is 8.34. The molecule has 6 atom stereocenters. The van der Waals surface area contributed by atoms with Gasteiger partial charge in [0.05, 0.1) is 27.2 Å². The topological polar surface area (TPSA) is 78.9 Å². The number of benzene rings is 1. The monoisotopic (exact) mass is 398 g/mol. The van der Waals surface area contributed by atoms with Gasteiger partial charge in [-0.2, -0.15) is 0 Å². The molecule has 0 aromatic heterocycles. The van der Waals surface area contributed by atoms with Gasteiger partial charge in [0.25, 0.3) is 0 Å². The third-order valence-electron chi connectivity index (χ3n) is 7.20. The fourth-order valence-electron chi connectivity index (χ4n) is 5.95. The van der Waals surface area contributed by atoms with Crippen molar-refractivity contribution >= 4 is 17.9 Å². The van der Waals surface area contributed by atoms with Crippen LogP contribution in [0.5, 0.6) is 0 Å². The lowest BCUT2D eigenvalue weighted by atomic mass is 9.51. The van der Waals surface area contributed by atoms with Gasteiger partial charge in [-0.1, -0.05) is 42.0 Å². The summed E-state index contributed by atoms with van der Waals surface area (Å²) in [6, 6.07) is 8.06. The van der Waals surface area contributed by atoms with E-state index < -0.39 is 23.3 Å². The molecule has 0 aliphatic heterocycles. The Balaban J connectivity index is 1.82. The Kier molecular flexibility index (Phi) is 4.75. The molecule has 29 heavy (non-hydrogen) atoms. The standard InChI is InChI=1S/C23H26O6/c1-12-5-7-13(8-6-12)11-16-14-9-10-15(18-17(14)19(18)20(24)27-2)23(16,21(25)28-3)22(26)29-4/h5-10,14-19H,11H2,1-4H3. The predicted molar refractivity (Wildman–Crippen MR) is 103 cm³/mol. The number of allylic oxidation sites excluding steroid dienone is 2. The van der Waals surface area contributed by atoms with Crippen LogP contribution < -0.4 is 0 Å².